The van der Waals surface area contributed by atoms with Gasteiger partial charge in [0, 0.05) is 37.1 Å². The minimum absolute atomic E-state index is 0.192. The molecule has 0 bridgehead atoms. The van der Waals surface area contributed by atoms with Crippen molar-refractivity contribution in [2.24, 2.45) is 4.99 Å². The fourth-order valence-corrected chi connectivity index (χ4v) is 3.80. The lowest BCUT2D eigenvalue weighted by Crippen LogP contribution is -2.33. The first-order valence-corrected chi connectivity index (χ1v) is 10.8. The van der Waals surface area contributed by atoms with Crippen LogP contribution in [0.5, 0.6) is 0 Å². The third kappa shape index (κ3) is 4.59. The molecule has 0 saturated carbocycles. The molecule has 2 aromatic carbocycles. The highest BCUT2D eigenvalue weighted by Gasteiger charge is 2.23. The summed E-state index contributed by atoms with van der Waals surface area (Å²) in [6, 6.07) is 16.4. The zero-order valence-electron chi connectivity index (χ0n) is 18.6. The van der Waals surface area contributed by atoms with E-state index in [-0.39, 0.29) is 22.9 Å². The van der Waals surface area contributed by atoms with Gasteiger partial charge in [0.1, 0.15) is 6.61 Å². The highest BCUT2D eigenvalue weighted by atomic mass is 35.5. The van der Waals surface area contributed by atoms with E-state index in [2.05, 4.69) is 9.98 Å². The van der Waals surface area contributed by atoms with Gasteiger partial charge in [-0.15, -0.1) is 0 Å². The molecule has 8 heteroatoms. The third-order valence-corrected chi connectivity index (χ3v) is 5.77. The Balaban J connectivity index is 1.57. The Morgan fingerprint density at radius 1 is 1.00 bits per heavy atom. The summed E-state index contributed by atoms with van der Waals surface area (Å²) in [4.78, 5) is 37.4. The number of carbonyl (C=O) groups is 2. The summed E-state index contributed by atoms with van der Waals surface area (Å²) in [7, 11) is 3.28. The van der Waals surface area contributed by atoms with Gasteiger partial charge in [0.2, 0.25) is 0 Å². The van der Waals surface area contributed by atoms with Crippen molar-refractivity contribution >= 4 is 35.1 Å². The SMILES string of the molecule is Cc1ccc(N(C)C(=O)c2ccc(C(=O)N(C)C3=NCCO3)cc2Cl)cc1-c1ccccn1. The number of aromatic nitrogens is 1. The number of rotatable bonds is 4. The number of halogens is 1. The van der Waals surface area contributed by atoms with Crippen LogP contribution >= 0.6 is 11.6 Å². The number of amidine groups is 1. The second kappa shape index (κ2) is 9.42. The molecule has 0 fully saturated rings. The molecule has 33 heavy (non-hydrogen) atoms. The molecule has 0 atom stereocenters. The number of amides is 2. The van der Waals surface area contributed by atoms with E-state index in [1.807, 2.05) is 43.3 Å². The average Bonchev–Trinajstić information content (AvgIpc) is 3.38. The normalized spacial score (nSPS) is 12.7. The summed E-state index contributed by atoms with van der Waals surface area (Å²) >= 11 is 6.43. The second-order valence-electron chi connectivity index (χ2n) is 7.65. The lowest BCUT2D eigenvalue weighted by atomic mass is 10.0. The van der Waals surface area contributed by atoms with Crippen molar-refractivity contribution in [1.29, 1.82) is 0 Å². The molecule has 0 aliphatic carbocycles. The third-order valence-electron chi connectivity index (χ3n) is 5.46. The maximum Gasteiger partial charge on any atom is 0.294 e. The summed E-state index contributed by atoms with van der Waals surface area (Å²) in [5.41, 5.74) is 4.18. The highest BCUT2D eigenvalue weighted by molar-refractivity contribution is 6.35. The van der Waals surface area contributed by atoms with Crippen molar-refractivity contribution in [2.75, 3.05) is 32.1 Å². The van der Waals surface area contributed by atoms with Crippen LogP contribution < -0.4 is 4.90 Å². The standard InChI is InChI=1S/C25H23ClN4O3/c1-16-7-9-18(15-20(16)22-6-4-5-11-27-22)29(2)24(32)19-10-8-17(14-21(19)26)23(31)30(3)25-28-12-13-33-25/h4-11,14-15H,12-13H2,1-3H3. The lowest BCUT2D eigenvalue weighted by Gasteiger charge is -2.20. The fourth-order valence-electron chi connectivity index (χ4n) is 3.54. The van der Waals surface area contributed by atoms with E-state index in [1.165, 1.54) is 15.9 Å². The van der Waals surface area contributed by atoms with E-state index in [4.69, 9.17) is 16.3 Å². The van der Waals surface area contributed by atoms with Crippen LogP contribution in [-0.2, 0) is 4.74 Å². The number of carbonyl (C=O) groups excluding carboxylic acids is 2. The van der Waals surface area contributed by atoms with Crippen LogP contribution in [0.1, 0.15) is 26.3 Å². The van der Waals surface area contributed by atoms with E-state index >= 15 is 0 Å². The minimum Gasteiger partial charge on any atom is -0.463 e. The molecular weight excluding hydrogens is 440 g/mol. The maximum atomic E-state index is 13.2. The van der Waals surface area contributed by atoms with Crippen molar-refractivity contribution in [3.8, 4) is 11.3 Å². The second-order valence-corrected chi connectivity index (χ2v) is 8.06. The first kappa shape index (κ1) is 22.5. The largest absolute Gasteiger partial charge is 0.463 e. The van der Waals surface area contributed by atoms with Gasteiger partial charge in [0.25, 0.3) is 17.8 Å². The summed E-state index contributed by atoms with van der Waals surface area (Å²) < 4.78 is 5.34. The van der Waals surface area contributed by atoms with Gasteiger partial charge >= 0.3 is 0 Å². The predicted molar refractivity (Wildman–Crippen MR) is 129 cm³/mol. The molecule has 168 valence electrons. The number of ether oxygens (including phenoxy) is 1. The van der Waals surface area contributed by atoms with Crippen molar-refractivity contribution in [3.63, 3.8) is 0 Å². The van der Waals surface area contributed by atoms with E-state index in [9.17, 15) is 9.59 Å². The average molecular weight is 463 g/mol. The van der Waals surface area contributed by atoms with Crippen LogP contribution in [0.4, 0.5) is 5.69 Å². The predicted octanol–water partition coefficient (Wildman–Crippen LogP) is 4.45. The molecule has 0 radical (unpaired) electrons. The number of anilines is 1. The van der Waals surface area contributed by atoms with Crippen LogP contribution in [0.25, 0.3) is 11.3 Å². The Labute approximate surface area is 197 Å². The quantitative estimate of drug-likeness (QED) is 0.574. The Hall–Kier alpha value is -3.71. The van der Waals surface area contributed by atoms with Crippen LogP contribution in [0.2, 0.25) is 5.02 Å². The van der Waals surface area contributed by atoms with E-state index in [1.54, 1.807) is 32.4 Å². The fraction of sp³-hybridized carbons (Fsp3) is 0.200. The lowest BCUT2D eigenvalue weighted by molar-refractivity contribution is 0.0844. The topological polar surface area (TPSA) is 75.1 Å². The van der Waals surface area contributed by atoms with Crippen molar-refractivity contribution < 1.29 is 14.3 Å². The van der Waals surface area contributed by atoms with Gasteiger partial charge in [-0.3, -0.25) is 19.5 Å². The number of hydrogen-bond acceptors (Lipinski definition) is 5. The molecule has 4 rings (SSSR count). The molecule has 3 aromatic rings. The molecule has 0 saturated heterocycles. The smallest absolute Gasteiger partial charge is 0.294 e. The monoisotopic (exact) mass is 462 g/mol. The summed E-state index contributed by atoms with van der Waals surface area (Å²) in [6.07, 6.45) is 1.74. The Bertz CT molecular complexity index is 1240. The Kier molecular flexibility index (Phi) is 6.42. The summed E-state index contributed by atoms with van der Waals surface area (Å²) in [6.45, 7) is 2.98. The Morgan fingerprint density at radius 2 is 1.82 bits per heavy atom. The number of pyridine rings is 1. The van der Waals surface area contributed by atoms with E-state index in [0.717, 1.165) is 16.8 Å². The highest BCUT2D eigenvalue weighted by Crippen LogP contribution is 2.28. The van der Waals surface area contributed by atoms with Crippen LogP contribution in [0.15, 0.2) is 65.8 Å². The van der Waals surface area contributed by atoms with Crippen LogP contribution in [-0.4, -0.2) is 55.0 Å². The zero-order valence-corrected chi connectivity index (χ0v) is 19.3. The molecule has 1 aliphatic heterocycles. The number of aryl methyl sites for hydroxylation is 1. The van der Waals surface area contributed by atoms with Gasteiger partial charge in [0.05, 0.1) is 22.8 Å². The van der Waals surface area contributed by atoms with Gasteiger partial charge in [-0.05, 0) is 55.0 Å². The van der Waals surface area contributed by atoms with E-state index < -0.39 is 0 Å². The molecule has 0 N–H and O–H groups in total. The van der Waals surface area contributed by atoms with Crippen molar-refractivity contribution in [3.05, 3.63) is 82.5 Å². The Morgan fingerprint density at radius 3 is 2.48 bits per heavy atom. The summed E-state index contributed by atoms with van der Waals surface area (Å²) in [5.74, 6) is -0.602. The van der Waals surface area contributed by atoms with Gasteiger partial charge in [-0.25, -0.2) is 4.99 Å². The zero-order chi connectivity index (χ0) is 23.5. The number of hydrogen-bond donors (Lipinski definition) is 0. The minimum atomic E-state index is -0.316. The molecule has 0 spiro atoms. The molecule has 2 amide bonds. The molecular formula is C25H23ClN4O3. The first-order chi connectivity index (χ1) is 15.9. The number of aliphatic imine (C=N–C) groups is 1. The molecule has 7 nitrogen and oxygen atoms in total. The first-order valence-electron chi connectivity index (χ1n) is 10.4. The summed E-state index contributed by atoms with van der Waals surface area (Å²) in [5, 5.41) is 0.192. The molecule has 1 aliphatic rings. The van der Waals surface area contributed by atoms with Crippen molar-refractivity contribution in [1.82, 2.24) is 9.88 Å². The maximum absolute atomic E-state index is 13.2. The molecule has 1 aromatic heterocycles. The van der Waals surface area contributed by atoms with Gasteiger partial charge < -0.3 is 9.64 Å². The van der Waals surface area contributed by atoms with E-state index in [0.29, 0.717) is 30.0 Å². The van der Waals surface area contributed by atoms with Crippen LogP contribution in [0.3, 0.4) is 0 Å². The van der Waals surface area contributed by atoms with Crippen LogP contribution in [0, 0.1) is 6.92 Å². The van der Waals surface area contributed by atoms with Gasteiger partial charge in [0.15, 0.2) is 0 Å². The molecule has 2 heterocycles. The number of nitrogens with zero attached hydrogens (tertiary/aromatic N) is 4. The van der Waals surface area contributed by atoms with Crippen molar-refractivity contribution in [2.45, 2.75) is 6.92 Å². The molecule has 0 unspecified atom stereocenters. The van der Waals surface area contributed by atoms with Gasteiger partial charge in [-0.2, -0.15) is 0 Å². The number of benzene rings is 2. The van der Waals surface area contributed by atoms with Gasteiger partial charge in [-0.1, -0.05) is 23.7 Å².